The summed E-state index contributed by atoms with van der Waals surface area (Å²) < 4.78 is 41.0. The van der Waals surface area contributed by atoms with Gasteiger partial charge in [-0.15, -0.1) is 0 Å². The summed E-state index contributed by atoms with van der Waals surface area (Å²) in [4.78, 5) is 24.4. The maximum atomic E-state index is 14.3. The monoisotopic (exact) mass is 467 g/mol. The van der Waals surface area contributed by atoms with Crippen molar-refractivity contribution in [3.05, 3.63) is 58.4 Å². The molecule has 0 atom stereocenters. The Hall–Kier alpha value is -2.49. The maximum absolute atomic E-state index is 14.3. The van der Waals surface area contributed by atoms with E-state index in [1.54, 1.807) is 0 Å². The van der Waals surface area contributed by atoms with Crippen LogP contribution < -0.4 is 10.6 Å². The number of hydrogen-bond acceptors (Lipinski definition) is 4. The normalized spacial score (nSPS) is 14.6. The minimum absolute atomic E-state index is 0.0488. The fraction of sp³-hybridized carbons (Fsp3) is 0.333. The molecule has 0 unspecified atom stereocenters. The van der Waals surface area contributed by atoms with Crippen LogP contribution >= 0.6 is 11.6 Å². The molecule has 0 radical (unpaired) electrons. The first kappa shape index (κ1) is 23.2. The Kier molecular flexibility index (Phi) is 6.98. The van der Waals surface area contributed by atoms with Crippen LogP contribution in [0, 0.1) is 5.82 Å². The van der Waals surface area contributed by atoms with Crippen molar-refractivity contribution in [2.75, 3.05) is 18.4 Å². The predicted octanol–water partition coefficient (Wildman–Crippen LogP) is 3.65. The number of nitrogens with one attached hydrogen (secondary N) is 2. The SMILES string of the molecule is CC(C)NC(=O)c1ccc(Cl)c(NC(=O)c2ccc(F)c(S(=O)(=O)N3CCCC3)c2)c1. The topological polar surface area (TPSA) is 95.6 Å². The molecular formula is C21H23ClFN3O4S. The highest BCUT2D eigenvalue weighted by Crippen LogP contribution is 2.26. The van der Waals surface area contributed by atoms with Gasteiger partial charge in [0.15, 0.2) is 0 Å². The molecule has 1 fully saturated rings. The zero-order chi connectivity index (χ0) is 22.8. The van der Waals surface area contributed by atoms with Gasteiger partial charge < -0.3 is 10.6 Å². The molecule has 2 N–H and O–H groups in total. The maximum Gasteiger partial charge on any atom is 0.255 e. The molecule has 1 aliphatic rings. The van der Waals surface area contributed by atoms with E-state index < -0.39 is 26.6 Å². The van der Waals surface area contributed by atoms with Crippen molar-refractivity contribution in [2.45, 2.75) is 37.6 Å². The van der Waals surface area contributed by atoms with E-state index >= 15 is 0 Å². The average molecular weight is 468 g/mol. The summed E-state index contributed by atoms with van der Waals surface area (Å²) >= 11 is 6.14. The van der Waals surface area contributed by atoms with Gasteiger partial charge in [-0.2, -0.15) is 4.31 Å². The fourth-order valence-electron chi connectivity index (χ4n) is 3.21. The van der Waals surface area contributed by atoms with Crippen LogP contribution in [0.5, 0.6) is 0 Å². The second-order valence-corrected chi connectivity index (χ2v) is 9.85. The van der Waals surface area contributed by atoms with Gasteiger partial charge in [0.1, 0.15) is 10.7 Å². The van der Waals surface area contributed by atoms with Gasteiger partial charge in [0, 0.05) is 30.3 Å². The second-order valence-electron chi connectivity index (χ2n) is 7.53. The number of rotatable bonds is 6. The van der Waals surface area contributed by atoms with Gasteiger partial charge >= 0.3 is 0 Å². The third kappa shape index (κ3) is 5.23. The molecule has 1 saturated heterocycles. The van der Waals surface area contributed by atoms with Crippen LogP contribution in [0.2, 0.25) is 5.02 Å². The number of carbonyl (C=O) groups is 2. The lowest BCUT2D eigenvalue weighted by Crippen LogP contribution is -2.30. The molecule has 0 bridgehead atoms. The number of amides is 2. The fourth-order valence-corrected chi connectivity index (χ4v) is 4.98. The Morgan fingerprint density at radius 2 is 1.65 bits per heavy atom. The molecule has 2 aromatic carbocycles. The van der Waals surface area contributed by atoms with Crippen molar-refractivity contribution in [3.8, 4) is 0 Å². The smallest absolute Gasteiger partial charge is 0.255 e. The summed E-state index contributed by atoms with van der Waals surface area (Å²) in [5.41, 5.74) is 0.424. The summed E-state index contributed by atoms with van der Waals surface area (Å²) in [7, 11) is -4.04. The molecule has 10 heteroatoms. The van der Waals surface area contributed by atoms with Crippen LogP contribution in [0.4, 0.5) is 10.1 Å². The van der Waals surface area contributed by atoms with Gasteiger partial charge in [0.25, 0.3) is 11.8 Å². The highest BCUT2D eigenvalue weighted by Gasteiger charge is 2.30. The lowest BCUT2D eigenvalue weighted by Gasteiger charge is -2.17. The van der Waals surface area contributed by atoms with Gasteiger partial charge in [-0.25, -0.2) is 12.8 Å². The van der Waals surface area contributed by atoms with Crippen molar-refractivity contribution in [1.29, 1.82) is 0 Å². The Bertz CT molecular complexity index is 1120. The van der Waals surface area contributed by atoms with E-state index in [1.165, 1.54) is 28.6 Å². The predicted molar refractivity (Wildman–Crippen MR) is 116 cm³/mol. The molecule has 0 aromatic heterocycles. The van der Waals surface area contributed by atoms with Crippen LogP contribution in [0.3, 0.4) is 0 Å². The van der Waals surface area contributed by atoms with Crippen molar-refractivity contribution in [1.82, 2.24) is 9.62 Å². The number of anilines is 1. The number of nitrogens with zero attached hydrogens (tertiary/aromatic N) is 1. The summed E-state index contributed by atoms with van der Waals surface area (Å²) in [5, 5.41) is 5.50. The van der Waals surface area contributed by atoms with Gasteiger partial charge in [0.2, 0.25) is 10.0 Å². The van der Waals surface area contributed by atoms with E-state index in [4.69, 9.17) is 11.6 Å². The van der Waals surface area contributed by atoms with Crippen molar-refractivity contribution in [2.24, 2.45) is 0 Å². The van der Waals surface area contributed by atoms with Crippen molar-refractivity contribution >= 4 is 39.1 Å². The quantitative estimate of drug-likeness (QED) is 0.677. The Balaban J connectivity index is 1.87. The van der Waals surface area contributed by atoms with E-state index in [-0.39, 0.29) is 28.2 Å². The molecule has 1 aliphatic heterocycles. The largest absolute Gasteiger partial charge is 0.350 e. The molecule has 0 saturated carbocycles. The highest BCUT2D eigenvalue weighted by molar-refractivity contribution is 7.89. The van der Waals surface area contributed by atoms with E-state index in [2.05, 4.69) is 10.6 Å². The van der Waals surface area contributed by atoms with Gasteiger partial charge in [-0.1, -0.05) is 11.6 Å². The van der Waals surface area contributed by atoms with Crippen LogP contribution in [-0.4, -0.2) is 43.7 Å². The Labute approximate surface area is 185 Å². The third-order valence-corrected chi connectivity index (χ3v) is 7.02. The molecule has 166 valence electrons. The number of halogens is 2. The first-order valence-electron chi connectivity index (χ1n) is 9.81. The number of sulfonamides is 1. The molecule has 3 rings (SSSR count). The van der Waals surface area contributed by atoms with Crippen molar-refractivity contribution < 1.29 is 22.4 Å². The Morgan fingerprint density at radius 3 is 2.29 bits per heavy atom. The van der Waals surface area contributed by atoms with Gasteiger partial charge in [-0.05, 0) is 63.1 Å². The molecule has 2 amide bonds. The standard InChI is InChI=1S/C21H23ClFN3O4S/c1-13(2)24-20(27)14-5-7-16(22)18(11-14)25-21(28)15-6-8-17(23)19(12-15)31(29,30)26-9-3-4-10-26/h5-8,11-13H,3-4,9-10H2,1-2H3,(H,24,27)(H,25,28). The molecule has 7 nitrogen and oxygen atoms in total. The minimum Gasteiger partial charge on any atom is -0.350 e. The lowest BCUT2D eigenvalue weighted by molar-refractivity contribution is 0.0941. The van der Waals surface area contributed by atoms with E-state index in [0.29, 0.717) is 31.5 Å². The summed E-state index contributed by atoms with van der Waals surface area (Å²) in [6.07, 6.45) is 1.42. The van der Waals surface area contributed by atoms with E-state index in [0.717, 1.165) is 12.1 Å². The minimum atomic E-state index is -4.04. The zero-order valence-electron chi connectivity index (χ0n) is 17.1. The molecule has 0 spiro atoms. The van der Waals surface area contributed by atoms with Crippen LogP contribution in [0.15, 0.2) is 41.3 Å². The molecule has 2 aromatic rings. The second kappa shape index (κ2) is 9.33. The summed E-state index contributed by atoms with van der Waals surface area (Å²) in [6, 6.07) is 7.50. The first-order chi connectivity index (χ1) is 14.6. The van der Waals surface area contributed by atoms with E-state index in [1.807, 2.05) is 13.8 Å². The van der Waals surface area contributed by atoms with Crippen molar-refractivity contribution in [3.63, 3.8) is 0 Å². The number of benzene rings is 2. The lowest BCUT2D eigenvalue weighted by atomic mass is 10.1. The van der Waals surface area contributed by atoms with Gasteiger partial charge in [0.05, 0.1) is 10.7 Å². The van der Waals surface area contributed by atoms with Crippen LogP contribution in [0.25, 0.3) is 0 Å². The Morgan fingerprint density at radius 1 is 1.03 bits per heavy atom. The van der Waals surface area contributed by atoms with E-state index in [9.17, 15) is 22.4 Å². The number of carbonyl (C=O) groups excluding carboxylic acids is 2. The van der Waals surface area contributed by atoms with Gasteiger partial charge in [-0.3, -0.25) is 9.59 Å². The summed E-state index contributed by atoms with van der Waals surface area (Å²) in [6.45, 7) is 4.27. The molecular weight excluding hydrogens is 445 g/mol. The zero-order valence-corrected chi connectivity index (χ0v) is 18.7. The first-order valence-corrected chi connectivity index (χ1v) is 11.6. The molecule has 31 heavy (non-hydrogen) atoms. The van der Waals surface area contributed by atoms with Crippen LogP contribution in [-0.2, 0) is 10.0 Å². The number of hydrogen-bond donors (Lipinski definition) is 2. The average Bonchev–Trinajstić information content (AvgIpc) is 3.25. The third-order valence-electron chi connectivity index (χ3n) is 4.77. The summed E-state index contributed by atoms with van der Waals surface area (Å²) in [5.74, 6) is -1.93. The highest BCUT2D eigenvalue weighted by atomic mass is 35.5. The molecule has 1 heterocycles. The van der Waals surface area contributed by atoms with Crippen LogP contribution in [0.1, 0.15) is 47.4 Å². The molecule has 0 aliphatic carbocycles.